The highest BCUT2D eigenvalue weighted by Crippen LogP contribution is 2.30. The maximum Gasteiger partial charge on any atom is 0.335 e. The highest BCUT2D eigenvalue weighted by Gasteiger charge is 2.37. The number of carbonyl (C=O) groups is 3. The number of imide groups is 2. The zero-order valence-corrected chi connectivity index (χ0v) is 20.0. The van der Waals surface area contributed by atoms with E-state index in [0.717, 1.165) is 10.5 Å². The van der Waals surface area contributed by atoms with E-state index in [1.54, 1.807) is 61.5 Å². The van der Waals surface area contributed by atoms with Crippen LogP contribution < -0.4 is 15.0 Å². The summed E-state index contributed by atoms with van der Waals surface area (Å²) >= 11 is 18.1. The van der Waals surface area contributed by atoms with Crippen LogP contribution in [0.5, 0.6) is 5.75 Å². The Hall–Kier alpha value is -3.32. The van der Waals surface area contributed by atoms with E-state index in [-0.39, 0.29) is 17.9 Å². The number of rotatable bonds is 5. The van der Waals surface area contributed by atoms with Crippen LogP contribution in [0.2, 0.25) is 15.1 Å². The van der Waals surface area contributed by atoms with Crippen molar-refractivity contribution in [2.45, 2.75) is 13.5 Å². The second kappa shape index (κ2) is 9.89. The Balaban J connectivity index is 1.65. The molecule has 0 saturated carbocycles. The Bertz CT molecular complexity index is 1350. The molecule has 0 atom stereocenters. The van der Waals surface area contributed by atoms with Crippen LogP contribution >= 0.6 is 34.8 Å². The molecule has 1 aliphatic heterocycles. The fourth-order valence-corrected chi connectivity index (χ4v) is 3.86. The van der Waals surface area contributed by atoms with E-state index in [9.17, 15) is 14.4 Å². The predicted molar refractivity (Wildman–Crippen MR) is 132 cm³/mol. The van der Waals surface area contributed by atoms with Crippen molar-refractivity contribution in [2.24, 2.45) is 0 Å². The zero-order valence-electron chi connectivity index (χ0n) is 17.8. The van der Waals surface area contributed by atoms with Crippen LogP contribution in [0.3, 0.4) is 0 Å². The molecule has 1 heterocycles. The Kier molecular flexibility index (Phi) is 6.93. The maximum absolute atomic E-state index is 13.2. The van der Waals surface area contributed by atoms with Gasteiger partial charge in [0.1, 0.15) is 17.9 Å². The molecule has 3 aromatic carbocycles. The summed E-state index contributed by atoms with van der Waals surface area (Å²) in [5, 5.41) is 3.41. The van der Waals surface area contributed by atoms with Crippen molar-refractivity contribution in [1.82, 2.24) is 5.32 Å². The van der Waals surface area contributed by atoms with E-state index >= 15 is 0 Å². The van der Waals surface area contributed by atoms with Gasteiger partial charge >= 0.3 is 6.03 Å². The van der Waals surface area contributed by atoms with Crippen LogP contribution in [0, 0.1) is 6.92 Å². The van der Waals surface area contributed by atoms with Crippen molar-refractivity contribution in [3.63, 3.8) is 0 Å². The second-order valence-corrected chi connectivity index (χ2v) is 8.71. The average molecular weight is 516 g/mol. The van der Waals surface area contributed by atoms with Crippen LogP contribution in [-0.4, -0.2) is 17.8 Å². The summed E-state index contributed by atoms with van der Waals surface area (Å²) in [5.41, 5.74) is 1.99. The highest BCUT2D eigenvalue weighted by atomic mass is 35.5. The first-order chi connectivity index (χ1) is 16.2. The first-order valence-corrected chi connectivity index (χ1v) is 11.2. The van der Waals surface area contributed by atoms with Gasteiger partial charge in [-0.15, -0.1) is 0 Å². The lowest BCUT2D eigenvalue weighted by Crippen LogP contribution is -2.54. The summed E-state index contributed by atoms with van der Waals surface area (Å²) in [6.45, 7) is 1.92. The van der Waals surface area contributed by atoms with Gasteiger partial charge in [-0.05, 0) is 54.5 Å². The molecule has 0 bridgehead atoms. The lowest BCUT2D eigenvalue weighted by atomic mass is 10.0. The number of halogens is 3. The second-order valence-electron chi connectivity index (χ2n) is 7.46. The third-order valence-corrected chi connectivity index (χ3v) is 6.09. The highest BCUT2D eigenvalue weighted by molar-refractivity contribution is 6.42. The summed E-state index contributed by atoms with van der Waals surface area (Å²) in [7, 11) is 0. The number of para-hydroxylation sites is 1. The van der Waals surface area contributed by atoms with E-state index in [4.69, 9.17) is 39.5 Å². The van der Waals surface area contributed by atoms with Crippen molar-refractivity contribution in [3.05, 3.63) is 98.0 Å². The standard InChI is InChI=1S/C25H17Cl3N2O4/c1-14-6-8-17(26)12-21(14)30-24(32)18(23(31)29-25(30)33)11-16-4-2-3-5-22(16)34-13-15-7-9-19(27)20(28)10-15/h2-12H,13H2,1H3,(H,29,31,33)/b18-11+. The van der Waals surface area contributed by atoms with Crippen LogP contribution in [0.4, 0.5) is 10.5 Å². The largest absolute Gasteiger partial charge is 0.488 e. The van der Waals surface area contributed by atoms with Gasteiger partial charge in [0.2, 0.25) is 0 Å². The molecule has 0 aliphatic carbocycles. The van der Waals surface area contributed by atoms with Gasteiger partial charge in [-0.3, -0.25) is 14.9 Å². The quantitative estimate of drug-likeness (QED) is 0.324. The minimum absolute atomic E-state index is 0.184. The van der Waals surface area contributed by atoms with Crippen LogP contribution in [0.15, 0.2) is 66.2 Å². The van der Waals surface area contributed by atoms with E-state index in [2.05, 4.69) is 5.32 Å². The third-order valence-electron chi connectivity index (χ3n) is 5.11. The molecular formula is C25H17Cl3N2O4. The number of amides is 4. The fourth-order valence-electron chi connectivity index (χ4n) is 3.38. The number of ether oxygens (including phenoxy) is 1. The predicted octanol–water partition coefficient (Wildman–Crippen LogP) is 6.20. The van der Waals surface area contributed by atoms with Crippen LogP contribution in [0.1, 0.15) is 16.7 Å². The average Bonchev–Trinajstić information content (AvgIpc) is 2.80. The van der Waals surface area contributed by atoms with E-state index in [0.29, 0.717) is 31.9 Å². The van der Waals surface area contributed by atoms with Gasteiger partial charge in [0.15, 0.2) is 0 Å². The van der Waals surface area contributed by atoms with Gasteiger partial charge in [0.05, 0.1) is 15.7 Å². The monoisotopic (exact) mass is 514 g/mol. The molecule has 0 radical (unpaired) electrons. The smallest absolute Gasteiger partial charge is 0.335 e. The molecule has 1 N–H and O–H groups in total. The summed E-state index contributed by atoms with van der Waals surface area (Å²) in [6.07, 6.45) is 1.39. The SMILES string of the molecule is Cc1ccc(Cl)cc1N1C(=O)NC(=O)/C(=C\c2ccccc2OCc2ccc(Cl)c(Cl)c2)C1=O. The number of aryl methyl sites for hydroxylation is 1. The summed E-state index contributed by atoms with van der Waals surface area (Å²) in [4.78, 5) is 39.2. The Morgan fingerprint density at radius 2 is 1.71 bits per heavy atom. The third kappa shape index (κ3) is 4.94. The fraction of sp³-hybridized carbons (Fsp3) is 0.0800. The molecule has 4 rings (SSSR count). The van der Waals surface area contributed by atoms with Gasteiger partial charge < -0.3 is 4.74 Å². The van der Waals surface area contributed by atoms with Gasteiger partial charge in [-0.2, -0.15) is 0 Å². The molecule has 1 aliphatic rings. The zero-order chi connectivity index (χ0) is 24.4. The van der Waals surface area contributed by atoms with Crippen molar-refractivity contribution in [3.8, 4) is 5.75 Å². The first kappa shape index (κ1) is 23.8. The number of hydrogen-bond acceptors (Lipinski definition) is 4. The Labute approximate surface area is 210 Å². The summed E-state index contributed by atoms with van der Waals surface area (Å²) < 4.78 is 5.91. The lowest BCUT2D eigenvalue weighted by molar-refractivity contribution is -0.122. The molecule has 4 amide bonds. The maximum atomic E-state index is 13.2. The molecule has 0 aromatic heterocycles. The molecule has 6 nitrogen and oxygen atoms in total. The Morgan fingerprint density at radius 1 is 0.941 bits per heavy atom. The first-order valence-electron chi connectivity index (χ1n) is 10.1. The molecule has 0 unspecified atom stereocenters. The van der Waals surface area contributed by atoms with Gasteiger partial charge in [-0.25, -0.2) is 9.69 Å². The molecule has 3 aromatic rings. The van der Waals surface area contributed by atoms with Gasteiger partial charge in [-0.1, -0.05) is 65.1 Å². The van der Waals surface area contributed by atoms with Gasteiger partial charge in [0, 0.05) is 10.6 Å². The number of anilines is 1. The molecule has 0 spiro atoms. The number of hydrogen-bond donors (Lipinski definition) is 1. The van der Waals surface area contributed by atoms with E-state index < -0.39 is 17.8 Å². The number of carbonyl (C=O) groups excluding carboxylic acids is 3. The van der Waals surface area contributed by atoms with Crippen molar-refractivity contribution >= 4 is 64.4 Å². The molecule has 1 saturated heterocycles. The van der Waals surface area contributed by atoms with Crippen LogP contribution in [-0.2, 0) is 16.2 Å². The normalized spacial score (nSPS) is 15.0. The van der Waals surface area contributed by atoms with Crippen LogP contribution in [0.25, 0.3) is 6.08 Å². The number of urea groups is 1. The molecule has 9 heteroatoms. The minimum Gasteiger partial charge on any atom is -0.488 e. The number of nitrogens with one attached hydrogen (secondary N) is 1. The molecule has 34 heavy (non-hydrogen) atoms. The number of barbiturate groups is 1. The van der Waals surface area contributed by atoms with E-state index in [1.807, 2.05) is 0 Å². The number of benzene rings is 3. The topological polar surface area (TPSA) is 75.7 Å². The minimum atomic E-state index is -0.846. The lowest BCUT2D eigenvalue weighted by Gasteiger charge is -2.27. The van der Waals surface area contributed by atoms with Crippen molar-refractivity contribution in [2.75, 3.05) is 4.90 Å². The number of nitrogens with zero attached hydrogens (tertiary/aromatic N) is 1. The van der Waals surface area contributed by atoms with Crippen molar-refractivity contribution < 1.29 is 19.1 Å². The molecule has 1 fully saturated rings. The van der Waals surface area contributed by atoms with Crippen molar-refractivity contribution in [1.29, 1.82) is 0 Å². The summed E-state index contributed by atoms with van der Waals surface area (Å²) in [6, 6.07) is 16.0. The molecular weight excluding hydrogens is 499 g/mol. The molecule has 172 valence electrons. The van der Waals surface area contributed by atoms with E-state index in [1.165, 1.54) is 12.1 Å². The van der Waals surface area contributed by atoms with Gasteiger partial charge in [0.25, 0.3) is 11.8 Å². The Morgan fingerprint density at radius 3 is 2.47 bits per heavy atom. The summed E-state index contributed by atoms with van der Waals surface area (Å²) in [5.74, 6) is -1.13.